The summed E-state index contributed by atoms with van der Waals surface area (Å²) in [5.74, 6) is -0.317. The van der Waals surface area contributed by atoms with Crippen LogP contribution in [-0.4, -0.2) is 26.7 Å². The molecule has 0 radical (unpaired) electrons. The molecule has 0 spiro atoms. The van der Waals surface area contributed by atoms with Gasteiger partial charge in [0.2, 0.25) is 5.91 Å². The Balaban J connectivity index is 1.75. The van der Waals surface area contributed by atoms with Crippen molar-refractivity contribution >= 4 is 5.91 Å². The van der Waals surface area contributed by atoms with E-state index in [2.05, 4.69) is 51.8 Å². The van der Waals surface area contributed by atoms with Gasteiger partial charge in [0, 0.05) is 6.54 Å². The van der Waals surface area contributed by atoms with Crippen molar-refractivity contribution < 1.29 is 4.79 Å². The predicted molar refractivity (Wildman–Crippen MR) is 101 cm³/mol. The molecule has 6 nitrogen and oxygen atoms in total. The summed E-state index contributed by atoms with van der Waals surface area (Å²) < 4.78 is 1.79. The third kappa shape index (κ3) is 4.34. The van der Waals surface area contributed by atoms with Gasteiger partial charge in [-0.2, -0.15) is 5.10 Å². The van der Waals surface area contributed by atoms with E-state index in [1.165, 1.54) is 6.33 Å². The van der Waals surface area contributed by atoms with Gasteiger partial charge in [-0.3, -0.25) is 4.79 Å². The highest BCUT2D eigenvalue weighted by Gasteiger charge is 2.13. The maximum Gasteiger partial charge on any atom is 0.234 e. The fourth-order valence-electron chi connectivity index (χ4n) is 2.93. The van der Waals surface area contributed by atoms with E-state index in [1.54, 1.807) is 11.0 Å². The van der Waals surface area contributed by atoms with Crippen molar-refractivity contribution in [1.29, 1.82) is 0 Å². The highest BCUT2D eigenvalue weighted by molar-refractivity contribution is 5.79. The van der Waals surface area contributed by atoms with E-state index >= 15 is 0 Å². The molecule has 0 aliphatic heterocycles. The van der Waals surface area contributed by atoms with Gasteiger partial charge in [-0.15, -0.1) is 0 Å². The zero-order chi connectivity index (χ0) is 18.4. The second-order valence-electron chi connectivity index (χ2n) is 6.19. The normalized spacial score (nSPS) is 12.0. The first-order valence-electron chi connectivity index (χ1n) is 8.69. The minimum Gasteiger partial charge on any atom is -0.368 e. The van der Waals surface area contributed by atoms with Crippen LogP contribution in [0.1, 0.15) is 24.5 Å². The Morgan fingerprint density at radius 1 is 1.19 bits per heavy atom. The van der Waals surface area contributed by atoms with Crippen LogP contribution < -0.4 is 11.1 Å². The van der Waals surface area contributed by atoms with Gasteiger partial charge < -0.3 is 11.1 Å². The number of nitrogens with two attached hydrogens (primary N) is 1. The predicted octanol–water partition coefficient (Wildman–Crippen LogP) is 2.35. The molecule has 0 saturated carbocycles. The summed E-state index contributed by atoms with van der Waals surface area (Å²) in [5, 5.41) is 7.37. The third-order valence-electron chi connectivity index (χ3n) is 4.38. The van der Waals surface area contributed by atoms with E-state index in [9.17, 15) is 4.79 Å². The smallest absolute Gasteiger partial charge is 0.234 e. The van der Waals surface area contributed by atoms with E-state index in [0.29, 0.717) is 19.5 Å². The van der Waals surface area contributed by atoms with Crippen LogP contribution in [0.3, 0.4) is 0 Å². The molecule has 1 atom stereocenters. The Hall–Kier alpha value is -2.99. The van der Waals surface area contributed by atoms with Crippen LogP contribution in [0.2, 0.25) is 0 Å². The van der Waals surface area contributed by atoms with Crippen molar-refractivity contribution in [2.45, 2.75) is 32.5 Å². The molecule has 134 valence electrons. The Morgan fingerprint density at radius 3 is 2.62 bits per heavy atom. The molecule has 3 N–H and O–H groups in total. The van der Waals surface area contributed by atoms with E-state index in [4.69, 9.17) is 5.73 Å². The Bertz CT molecular complexity index is 843. The van der Waals surface area contributed by atoms with Crippen LogP contribution >= 0.6 is 0 Å². The summed E-state index contributed by atoms with van der Waals surface area (Å²) in [5.41, 5.74) is 10.00. The fourth-order valence-corrected chi connectivity index (χ4v) is 2.93. The van der Waals surface area contributed by atoms with Crippen molar-refractivity contribution in [2.75, 3.05) is 0 Å². The van der Waals surface area contributed by atoms with Gasteiger partial charge in [-0.05, 0) is 28.7 Å². The minimum atomic E-state index is -0.317. The van der Waals surface area contributed by atoms with E-state index in [0.717, 1.165) is 22.3 Å². The molecule has 0 aliphatic rings. The molecule has 0 saturated heterocycles. The summed E-state index contributed by atoms with van der Waals surface area (Å²) in [6, 6.07) is 16.3. The number of amides is 1. The van der Waals surface area contributed by atoms with Crippen LogP contribution in [0.25, 0.3) is 11.1 Å². The molecule has 6 heteroatoms. The number of rotatable bonds is 8. The van der Waals surface area contributed by atoms with Crippen molar-refractivity contribution in [3.8, 4) is 11.1 Å². The van der Waals surface area contributed by atoms with Crippen LogP contribution in [0.15, 0.2) is 61.2 Å². The first-order chi connectivity index (χ1) is 12.7. The average molecular weight is 349 g/mol. The second kappa shape index (κ2) is 8.40. The molecular weight excluding hydrogens is 326 g/mol. The number of hydrogen-bond acceptors (Lipinski definition) is 4. The number of nitrogens with zero attached hydrogens (tertiary/aromatic N) is 3. The molecule has 3 rings (SSSR count). The average Bonchev–Trinajstić information content (AvgIpc) is 3.16. The largest absolute Gasteiger partial charge is 0.368 e. The van der Waals surface area contributed by atoms with Gasteiger partial charge in [-0.25, -0.2) is 9.67 Å². The molecule has 3 aromatic rings. The SMILES string of the molecule is CC[C@@H](NCc1ccccc1-c1ccc(Cn2cncn2)cc1)C(N)=O. The van der Waals surface area contributed by atoms with Gasteiger partial charge in [0.25, 0.3) is 0 Å². The van der Waals surface area contributed by atoms with Crippen molar-refractivity contribution in [1.82, 2.24) is 20.1 Å². The molecule has 1 heterocycles. The summed E-state index contributed by atoms with van der Waals surface area (Å²) in [4.78, 5) is 15.4. The maximum atomic E-state index is 11.4. The molecule has 2 aromatic carbocycles. The number of carbonyl (C=O) groups excluding carboxylic acids is 1. The summed E-state index contributed by atoms with van der Waals surface area (Å²) in [7, 11) is 0. The Labute approximate surface area is 153 Å². The number of nitrogens with one attached hydrogen (secondary N) is 1. The molecule has 0 aliphatic carbocycles. The second-order valence-corrected chi connectivity index (χ2v) is 6.19. The number of hydrogen-bond donors (Lipinski definition) is 2. The fraction of sp³-hybridized carbons (Fsp3) is 0.250. The number of aromatic nitrogens is 3. The monoisotopic (exact) mass is 349 g/mol. The lowest BCUT2D eigenvalue weighted by Gasteiger charge is -2.16. The molecule has 1 amide bonds. The lowest BCUT2D eigenvalue weighted by molar-refractivity contribution is -0.120. The van der Waals surface area contributed by atoms with Gasteiger partial charge >= 0.3 is 0 Å². The highest BCUT2D eigenvalue weighted by Crippen LogP contribution is 2.24. The number of primary amides is 1. The quantitative estimate of drug-likeness (QED) is 0.654. The summed E-state index contributed by atoms with van der Waals surface area (Å²) in [6.07, 6.45) is 3.92. The summed E-state index contributed by atoms with van der Waals surface area (Å²) in [6.45, 7) is 3.24. The number of benzene rings is 2. The lowest BCUT2D eigenvalue weighted by atomic mass is 9.98. The molecule has 26 heavy (non-hydrogen) atoms. The van der Waals surface area contributed by atoms with Crippen molar-refractivity contribution in [3.63, 3.8) is 0 Å². The van der Waals surface area contributed by atoms with Crippen LogP contribution in [0.4, 0.5) is 0 Å². The minimum absolute atomic E-state index is 0.312. The van der Waals surface area contributed by atoms with Crippen LogP contribution in [-0.2, 0) is 17.9 Å². The summed E-state index contributed by atoms with van der Waals surface area (Å²) >= 11 is 0. The highest BCUT2D eigenvalue weighted by atomic mass is 16.1. The van der Waals surface area contributed by atoms with Gasteiger partial charge in [-0.1, -0.05) is 55.5 Å². The molecule has 0 fully saturated rings. The van der Waals surface area contributed by atoms with Crippen molar-refractivity contribution in [3.05, 3.63) is 72.3 Å². The van der Waals surface area contributed by atoms with E-state index in [-0.39, 0.29) is 11.9 Å². The Kier molecular flexibility index (Phi) is 5.76. The number of carbonyl (C=O) groups is 1. The Morgan fingerprint density at radius 2 is 1.96 bits per heavy atom. The van der Waals surface area contributed by atoms with Crippen LogP contribution in [0.5, 0.6) is 0 Å². The van der Waals surface area contributed by atoms with Gasteiger partial charge in [0.05, 0.1) is 12.6 Å². The third-order valence-corrected chi connectivity index (χ3v) is 4.38. The zero-order valence-electron chi connectivity index (χ0n) is 14.8. The maximum absolute atomic E-state index is 11.4. The standard InChI is InChI=1S/C20H23N5O/c1-2-19(20(21)26)23-11-17-5-3-4-6-18(17)16-9-7-15(8-10-16)12-25-14-22-13-24-25/h3-10,13-14,19,23H,2,11-12H2,1H3,(H2,21,26)/t19-/m1/s1. The van der Waals surface area contributed by atoms with Gasteiger partial charge in [0.1, 0.15) is 12.7 Å². The first-order valence-corrected chi connectivity index (χ1v) is 8.69. The lowest BCUT2D eigenvalue weighted by Crippen LogP contribution is -2.40. The van der Waals surface area contributed by atoms with Crippen LogP contribution in [0, 0.1) is 0 Å². The van der Waals surface area contributed by atoms with Crippen molar-refractivity contribution in [2.24, 2.45) is 5.73 Å². The zero-order valence-corrected chi connectivity index (χ0v) is 14.8. The molecule has 0 unspecified atom stereocenters. The molecular formula is C20H23N5O. The van der Waals surface area contributed by atoms with Gasteiger partial charge in [0.15, 0.2) is 0 Å². The van der Waals surface area contributed by atoms with E-state index < -0.39 is 0 Å². The van der Waals surface area contributed by atoms with E-state index in [1.807, 2.05) is 19.1 Å². The molecule has 0 bridgehead atoms. The first kappa shape index (κ1) is 17.8. The molecule has 1 aromatic heterocycles. The topological polar surface area (TPSA) is 85.8 Å².